The average molecular weight is 289 g/mol. The lowest BCUT2D eigenvalue weighted by Gasteiger charge is -2.37. The summed E-state index contributed by atoms with van der Waals surface area (Å²) in [6, 6.07) is 4.24. The lowest BCUT2D eigenvalue weighted by molar-refractivity contribution is 0.127. The molecule has 0 spiro atoms. The summed E-state index contributed by atoms with van der Waals surface area (Å²) in [4.78, 5) is 18.3. The van der Waals surface area contributed by atoms with Gasteiger partial charge in [-0.05, 0) is 43.7 Å². The topological polar surface area (TPSA) is 54.5 Å². The number of hydrogen-bond donors (Lipinski definition) is 1. The van der Waals surface area contributed by atoms with Gasteiger partial charge in [0.1, 0.15) is 12.4 Å². The van der Waals surface area contributed by atoms with Gasteiger partial charge in [-0.1, -0.05) is 6.42 Å². The Balaban J connectivity index is 1.41. The van der Waals surface area contributed by atoms with E-state index in [0.29, 0.717) is 19.2 Å². The highest BCUT2D eigenvalue weighted by molar-refractivity contribution is 5.74. The number of aromatic nitrogens is 1. The van der Waals surface area contributed by atoms with E-state index in [1.165, 1.54) is 25.7 Å². The van der Waals surface area contributed by atoms with Gasteiger partial charge in [0.05, 0.1) is 12.7 Å². The summed E-state index contributed by atoms with van der Waals surface area (Å²) in [5, 5.41) is 2.98. The summed E-state index contributed by atoms with van der Waals surface area (Å²) in [6.07, 6.45) is 9.55. The lowest BCUT2D eigenvalue weighted by Crippen LogP contribution is -2.51. The molecule has 1 saturated carbocycles. The third-order valence-corrected chi connectivity index (χ3v) is 4.54. The van der Waals surface area contributed by atoms with Gasteiger partial charge in [-0.2, -0.15) is 0 Å². The molecule has 1 N–H and O–H groups in total. The normalized spacial score (nSPS) is 24.5. The second-order valence-corrected chi connectivity index (χ2v) is 5.86. The zero-order valence-corrected chi connectivity index (χ0v) is 12.3. The number of hydrogen-bond acceptors (Lipinski definition) is 3. The Labute approximate surface area is 125 Å². The first-order valence-electron chi connectivity index (χ1n) is 7.92. The van der Waals surface area contributed by atoms with Crippen LogP contribution >= 0.6 is 0 Å². The van der Waals surface area contributed by atoms with E-state index in [9.17, 15) is 4.79 Å². The SMILES string of the molecule is O=C(NCCOc1cccnc1)N1CCC[C@H]2CCC[C@H]21. The van der Waals surface area contributed by atoms with Crippen molar-refractivity contribution in [2.75, 3.05) is 19.7 Å². The number of carbonyl (C=O) groups is 1. The highest BCUT2D eigenvalue weighted by Gasteiger charge is 2.37. The van der Waals surface area contributed by atoms with Gasteiger partial charge in [0, 0.05) is 18.8 Å². The fraction of sp³-hybridized carbons (Fsp3) is 0.625. The van der Waals surface area contributed by atoms with Crippen LogP contribution < -0.4 is 10.1 Å². The Morgan fingerprint density at radius 2 is 2.29 bits per heavy atom. The Bertz CT molecular complexity index is 466. The van der Waals surface area contributed by atoms with Crippen LogP contribution in [0.15, 0.2) is 24.5 Å². The molecule has 2 amide bonds. The molecule has 2 aliphatic rings. The Morgan fingerprint density at radius 1 is 1.38 bits per heavy atom. The fourth-order valence-electron chi connectivity index (χ4n) is 3.57. The third-order valence-electron chi connectivity index (χ3n) is 4.54. The van der Waals surface area contributed by atoms with Crippen molar-refractivity contribution in [3.8, 4) is 5.75 Å². The van der Waals surface area contributed by atoms with E-state index in [0.717, 1.165) is 24.6 Å². The molecule has 0 aromatic carbocycles. The number of nitrogens with one attached hydrogen (secondary N) is 1. The van der Waals surface area contributed by atoms with Crippen LogP contribution in [-0.2, 0) is 0 Å². The van der Waals surface area contributed by atoms with Crippen molar-refractivity contribution in [1.82, 2.24) is 15.2 Å². The van der Waals surface area contributed by atoms with E-state index in [4.69, 9.17) is 4.74 Å². The summed E-state index contributed by atoms with van der Waals surface area (Å²) in [5.74, 6) is 1.47. The number of likely N-dealkylation sites (tertiary alicyclic amines) is 1. The van der Waals surface area contributed by atoms with Crippen LogP contribution in [0.2, 0.25) is 0 Å². The number of urea groups is 1. The van der Waals surface area contributed by atoms with Crippen molar-refractivity contribution in [1.29, 1.82) is 0 Å². The first-order chi connectivity index (χ1) is 10.3. The molecule has 114 valence electrons. The van der Waals surface area contributed by atoms with Crippen LogP contribution in [0.5, 0.6) is 5.75 Å². The Morgan fingerprint density at radius 3 is 3.14 bits per heavy atom. The van der Waals surface area contributed by atoms with Crippen LogP contribution in [0.25, 0.3) is 0 Å². The molecule has 2 atom stereocenters. The summed E-state index contributed by atoms with van der Waals surface area (Å²) >= 11 is 0. The van der Waals surface area contributed by atoms with Gasteiger partial charge < -0.3 is 15.0 Å². The summed E-state index contributed by atoms with van der Waals surface area (Å²) in [7, 11) is 0. The van der Waals surface area contributed by atoms with Crippen LogP contribution in [0, 0.1) is 5.92 Å². The molecule has 0 radical (unpaired) electrons. The Hall–Kier alpha value is -1.78. The number of rotatable bonds is 4. The molecule has 21 heavy (non-hydrogen) atoms. The van der Waals surface area contributed by atoms with E-state index in [-0.39, 0.29) is 6.03 Å². The van der Waals surface area contributed by atoms with Gasteiger partial charge in [-0.15, -0.1) is 0 Å². The van der Waals surface area contributed by atoms with Crippen molar-refractivity contribution in [3.63, 3.8) is 0 Å². The van der Waals surface area contributed by atoms with Crippen LogP contribution in [0.3, 0.4) is 0 Å². The average Bonchev–Trinajstić information content (AvgIpc) is 3.01. The second-order valence-electron chi connectivity index (χ2n) is 5.86. The molecule has 0 unspecified atom stereocenters. The highest BCUT2D eigenvalue weighted by Crippen LogP contribution is 2.36. The fourth-order valence-corrected chi connectivity index (χ4v) is 3.57. The number of carbonyl (C=O) groups excluding carboxylic acids is 1. The van der Waals surface area contributed by atoms with Gasteiger partial charge in [-0.3, -0.25) is 4.98 Å². The molecular formula is C16H23N3O2. The van der Waals surface area contributed by atoms with Crippen molar-refractivity contribution in [2.24, 2.45) is 5.92 Å². The maximum absolute atomic E-state index is 12.3. The molecule has 2 heterocycles. The molecule has 1 aromatic rings. The summed E-state index contributed by atoms with van der Waals surface area (Å²) in [5.41, 5.74) is 0. The molecule has 5 heteroatoms. The van der Waals surface area contributed by atoms with Crippen LogP contribution in [0.1, 0.15) is 32.1 Å². The minimum absolute atomic E-state index is 0.0707. The molecule has 0 bridgehead atoms. The van der Waals surface area contributed by atoms with Crippen molar-refractivity contribution >= 4 is 6.03 Å². The highest BCUT2D eigenvalue weighted by atomic mass is 16.5. The second kappa shape index (κ2) is 6.78. The first kappa shape index (κ1) is 14.2. The number of amides is 2. The van der Waals surface area contributed by atoms with Gasteiger partial charge >= 0.3 is 6.03 Å². The largest absolute Gasteiger partial charge is 0.490 e. The molecule has 5 nitrogen and oxygen atoms in total. The molecule has 2 fully saturated rings. The predicted molar refractivity (Wildman–Crippen MR) is 80.2 cm³/mol. The third kappa shape index (κ3) is 3.46. The minimum Gasteiger partial charge on any atom is -0.490 e. The monoisotopic (exact) mass is 289 g/mol. The van der Waals surface area contributed by atoms with E-state index in [2.05, 4.69) is 10.3 Å². The maximum atomic E-state index is 12.3. The number of ether oxygens (including phenoxy) is 1. The summed E-state index contributed by atoms with van der Waals surface area (Å²) in [6.45, 7) is 1.90. The van der Waals surface area contributed by atoms with Gasteiger partial charge in [0.25, 0.3) is 0 Å². The minimum atomic E-state index is 0.0707. The van der Waals surface area contributed by atoms with E-state index in [1.54, 1.807) is 12.4 Å². The predicted octanol–water partition coefficient (Wildman–Crippen LogP) is 2.43. The van der Waals surface area contributed by atoms with Crippen LogP contribution in [0.4, 0.5) is 4.79 Å². The number of pyridine rings is 1. The maximum Gasteiger partial charge on any atom is 0.317 e. The van der Waals surface area contributed by atoms with Gasteiger partial charge in [-0.25, -0.2) is 4.79 Å². The van der Waals surface area contributed by atoms with E-state index >= 15 is 0 Å². The number of fused-ring (bicyclic) bond motifs is 1. The smallest absolute Gasteiger partial charge is 0.317 e. The number of piperidine rings is 1. The zero-order chi connectivity index (χ0) is 14.5. The van der Waals surface area contributed by atoms with Gasteiger partial charge in [0.2, 0.25) is 0 Å². The standard InChI is InChI=1S/C16H23N3O2/c20-16(18-9-11-21-14-6-2-8-17-12-14)19-10-3-5-13-4-1-7-15(13)19/h2,6,8,12-13,15H,1,3-5,7,9-11H2,(H,18,20)/t13-,15-/m1/s1. The van der Waals surface area contributed by atoms with Gasteiger partial charge in [0.15, 0.2) is 0 Å². The molecule has 1 aliphatic carbocycles. The zero-order valence-electron chi connectivity index (χ0n) is 12.3. The first-order valence-corrected chi connectivity index (χ1v) is 7.92. The van der Waals surface area contributed by atoms with Crippen molar-refractivity contribution in [3.05, 3.63) is 24.5 Å². The molecule has 3 rings (SSSR count). The number of nitrogens with zero attached hydrogens (tertiary/aromatic N) is 2. The summed E-state index contributed by atoms with van der Waals surface area (Å²) < 4.78 is 5.53. The Kier molecular flexibility index (Phi) is 4.58. The quantitative estimate of drug-likeness (QED) is 0.866. The van der Waals surface area contributed by atoms with Crippen LogP contribution in [-0.4, -0.2) is 41.7 Å². The van der Waals surface area contributed by atoms with E-state index < -0.39 is 0 Å². The lowest BCUT2D eigenvalue weighted by atomic mass is 9.92. The van der Waals surface area contributed by atoms with Crippen molar-refractivity contribution < 1.29 is 9.53 Å². The molecule has 1 aromatic heterocycles. The molecule has 1 saturated heterocycles. The van der Waals surface area contributed by atoms with E-state index in [1.807, 2.05) is 17.0 Å². The molecular weight excluding hydrogens is 266 g/mol. The van der Waals surface area contributed by atoms with Crippen molar-refractivity contribution in [2.45, 2.75) is 38.1 Å². The molecule has 1 aliphatic heterocycles.